The molecule has 1 saturated carbocycles. The molecule has 1 atom stereocenters. The first kappa shape index (κ1) is 14.5. The molecule has 0 spiro atoms. The van der Waals surface area contributed by atoms with Gasteiger partial charge in [-0.2, -0.15) is 0 Å². The second kappa shape index (κ2) is 5.59. The van der Waals surface area contributed by atoms with E-state index in [1.54, 1.807) is 6.07 Å². The van der Waals surface area contributed by atoms with Gasteiger partial charge in [-0.1, -0.05) is 17.7 Å². The molecule has 1 fully saturated rings. The molecule has 0 heterocycles. The van der Waals surface area contributed by atoms with Crippen LogP contribution in [0.5, 0.6) is 0 Å². The summed E-state index contributed by atoms with van der Waals surface area (Å²) in [6.45, 7) is 6.98. The first-order valence-electron chi connectivity index (χ1n) is 6.60. The fourth-order valence-corrected chi connectivity index (χ4v) is 2.35. The van der Waals surface area contributed by atoms with Gasteiger partial charge in [0, 0.05) is 22.3 Å². The molecule has 1 unspecified atom stereocenters. The molecule has 2 rings (SSSR count). The van der Waals surface area contributed by atoms with E-state index in [2.05, 4.69) is 31.1 Å². The predicted octanol–water partition coefficient (Wildman–Crippen LogP) is 3.97. The van der Waals surface area contributed by atoms with Crippen molar-refractivity contribution in [3.8, 4) is 0 Å². The molecule has 1 aromatic carbocycles. The van der Waals surface area contributed by atoms with Gasteiger partial charge in [-0.25, -0.2) is 4.39 Å². The van der Waals surface area contributed by atoms with Crippen molar-refractivity contribution in [3.05, 3.63) is 34.6 Å². The average Bonchev–Trinajstić information content (AvgIpc) is 2.27. The number of nitrogens with zero attached hydrogens (tertiary/aromatic N) is 1. The topological polar surface area (TPSA) is 24.4 Å². The fourth-order valence-electron chi connectivity index (χ4n) is 2.12. The van der Waals surface area contributed by atoms with Gasteiger partial charge in [0.05, 0.1) is 6.54 Å². The summed E-state index contributed by atoms with van der Waals surface area (Å²) < 4.78 is 12.9. The summed E-state index contributed by atoms with van der Waals surface area (Å²) in [4.78, 5) is 4.60. The van der Waals surface area contributed by atoms with E-state index < -0.39 is 0 Å². The molecule has 0 aliphatic heterocycles. The van der Waals surface area contributed by atoms with Crippen LogP contribution in [0, 0.1) is 5.82 Å². The summed E-state index contributed by atoms with van der Waals surface area (Å²) in [6, 6.07) is 4.83. The van der Waals surface area contributed by atoms with Gasteiger partial charge in [0.15, 0.2) is 0 Å². The van der Waals surface area contributed by atoms with Gasteiger partial charge in [0.2, 0.25) is 0 Å². The van der Waals surface area contributed by atoms with Gasteiger partial charge in [-0.15, -0.1) is 0 Å². The van der Waals surface area contributed by atoms with Crippen LogP contribution in [-0.2, 0) is 6.54 Å². The van der Waals surface area contributed by atoms with Crippen molar-refractivity contribution >= 4 is 17.3 Å². The van der Waals surface area contributed by atoms with E-state index in [9.17, 15) is 4.39 Å². The van der Waals surface area contributed by atoms with Crippen molar-refractivity contribution < 1.29 is 4.39 Å². The van der Waals surface area contributed by atoms with Gasteiger partial charge in [0.25, 0.3) is 0 Å². The number of benzene rings is 1. The third kappa shape index (κ3) is 4.02. The zero-order valence-corrected chi connectivity index (χ0v) is 12.4. The lowest BCUT2D eigenvalue weighted by Crippen LogP contribution is -2.52. The van der Waals surface area contributed by atoms with Crippen LogP contribution in [0.15, 0.2) is 23.2 Å². The number of hydrogen-bond donors (Lipinski definition) is 1. The molecule has 1 aromatic rings. The minimum atomic E-state index is -0.308. The monoisotopic (exact) mass is 282 g/mol. The number of aliphatic imine (C=N–C) groups is 1. The molecular weight excluding hydrogens is 263 g/mol. The SMILES string of the molecule is CC(C)(C)NC1CCC1=NCc1ccc(F)cc1Cl. The Kier molecular flexibility index (Phi) is 4.26. The van der Waals surface area contributed by atoms with E-state index in [0.717, 1.165) is 18.4 Å². The average molecular weight is 283 g/mol. The first-order valence-corrected chi connectivity index (χ1v) is 6.98. The van der Waals surface area contributed by atoms with E-state index in [0.29, 0.717) is 17.6 Å². The predicted molar refractivity (Wildman–Crippen MR) is 78.5 cm³/mol. The fraction of sp³-hybridized carbons (Fsp3) is 0.533. The lowest BCUT2D eigenvalue weighted by molar-refractivity contribution is 0.370. The smallest absolute Gasteiger partial charge is 0.124 e. The van der Waals surface area contributed by atoms with Gasteiger partial charge >= 0.3 is 0 Å². The molecule has 0 radical (unpaired) electrons. The van der Waals surface area contributed by atoms with Crippen LogP contribution in [0.1, 0.15) is 39.2 Å². The van der Waals surface area contributed by atoms with Crippen LogP contribution in [0.3, 0.4) is 0 Å². The molecule has 1 N–H and O–H groups in total. The van der Waals surface area contributed by atoms with E-state index in [1.165, 1.54) is 17.8 Å². The van der Waals surface area contributed by atoms with Gasteiger partial charge in [0.1, 0.15) is 5.82 Å². The molecule has 4 heteroatoms. The highest BCUT2D eigenvalue weighted by molar-refractivity contribution is 6.31. The Labute approximate surface area is 119 Å². The van der Waals surface area contributed by atoms with Crippen molar-refractivity contribution in [2.45, 2.75) is 51.7 Å². The normalized spacial score (nSPS) is 21.5. The van der Waals surface area contributed by atoms with Crippen LogP contribution in [0.25, 0.3) is 0 Å². The van der Waals surface area contributed by atoms with Crippen LogP contribution in [0.2, 0.25) is 5.02 Å². The maximum atomic E-state index is 12.9. The number of rotatable bonds is 3. The summed E-state index contributed by atoms with van der Waals surface area (Å²) in [5.74, 6) is -0.308. The second-order valence-electron chi connectivity index (χ2n) is 6.03. The van der Waals surface area contributed by atoms with Gasteiger partial charge in [-0.05, 0) is 51.3 Å². The highest BCUT2D eigenvalue weighted by atomic mass is 35.5. The molecule has 1 aliphatic carbocycles. The van der Waals surface area contributed by atoms with E-state index in [-0.39, 0.29) is 11.4 Å². The largest absolute Gasteiger partial charge is 0.304 e. The summed E-state index contributed by atoms with van der Waals surface area (Å²) in [5.41, 5.74) is 2.16. The highest BCUT2D eigenvalue weighted by Crippen LogP contribution is 2.22. The number of nitrogens with one attached hydrogen (secondary N) is 1. The van der Waals surface area contributed by atoms with Crippen LogP contribution in [-0.4, -0.2) is 17.3 Å². The van der Waals surface area contributed by atoms with Crippen molar-refractivity contribution in [1.29, 1.82) is 0 Å². The van der Waals surface area contributed by atoms with E-state index >= 15 is 0 Å². The molecular formula is C15H20ClFN2. The van der Waals surface area contributed by atoms with Gasteiger partial charge in [-0.3, -0.25) is 4.99 Å². The van der Waals surface area contributed by atoms with Crippen molar-refractivity contribution in [3.63, 3.8) is 0 Å². The molecule has 19 heavy (non-hydrogen) atoms. The van der Waals surface area contributed by atoms with Crippen molar-refractivity contribution in [2.24, 2.45) is 4.99 Å². The van der Waals surface area contributed by atoms with E-state index in [4.69, 9.17) is 11.6 Å². The summed E-state index contributed by atoms with van der Waals surface area (Å²) >= 11 is 5.99. The minimum absolute atomic E-state index is 0.0966. The third-order valence-electron chi connectivity index (χ3n) is 3.17. The molecule has 0 amide bonds. The number of halogens is 2. The second-order valence-corrected chi connectivity index (χ2v) is 6.44. The summed E-state index contributed by atoms with van der Waals surface area (Å²) in [6.07, 6.45) is 2.17. The lowest BCUT2D eigenvalue weighted by Gasteiger charge is -2.35. The summed E-state index contributed by atoms with van der Waals surface area (Å²) in [5, 5.41) is 3.99. The first-order chi connectivity index (χ1) is 8.85. The standard InChI is InChI=1S/C15H20ClFN2/c1-15(2,3)19-14-7-6-13(14)18-9-10-4-5-11(17)8-12(10)16/h4-5,8,14,19H,6-7,9H2,1-3H3. The van der Waals surface area contributed by atoms with Crippen LogP contribution >= 0.6 is 11.6 Å². The molecule has 0 saturated heterocycles. The lowest BCUT2D eigenvalue weighted by atomic mass is 9.87. The van der Waals surface area contributed by atoms with Crippen molar-refractivity contribution in [2.75, 3.05) is 0 Å². The Morgan fingerprint density at radius 3 is 2.68 bits per heavy atom. The zero-order valence-electron chi connectivity index (χ0n) is 11.6. The molecule has 0 bridgehead atoms. The Morgan fingerprint density at radius 2 is 2.16 bits per heavy atom. The Morgan fingerprint density at radius 1 is 1.42 bits per heavy atom. The van der Waals surface area contributed by atoms with E-state index in [1.807, 2.05) is 0 Å². The Balaban J connectivity index is 1.99. The quantitative estimate of drug-likeness (QED) is 0.891. The molecule has 0 aromatic heterocycles. The van der Waals surface area contributed by atoms with Gasteiger partial charge < -0.3 is 5.32 Å². The van der Waals surface area contributed by atoms with Crippen LogP contribution < -0.4 is 5.32 Å². The minimum Gasteiger partial charge on any atom is -0.304 e. The maximum Gasteiger partial charge on any atom is 0.124 e. The third-order valence-corrected chi connectivity index (χ3v) is 3.52. The maximum absolute atomic E-state index is 12.9. The van der Waals surface area contributed by atoms with Crippen LogP contribution in [0.4, 0.5) is 4.39 Å². The number of hydrogen-bond acceptors (Lipinski definition) is 2. The molecule has 104 valence electrons. The Hall–Kier alpha value is -0.930. The molecule has 2 nitrogen and oxygen atoms in total. The summed E-state index contributed by atoms with van der Waals surface area (Å²) in [7, 11) is 0. The zero-order chi connectivity index (χ0) is 14.0. The Bertz CT molecular complexity index is 491. The van der Waals surface area contributed by atoms with Crippen molar-refractivity contribution in [1.82, 2.24) is 5.32 Å². The molecule has 1 aliphatic rings. The highest BCUT2D eigenvalue weighted by Gasteiger charge is 2.28.